The van der Waals surface area contributed by atoms with Crippen molar-refractivity contribution in [3.05, 3.63) is 20.8 Å². The molecule has 2 aromatic rings. The van der Waals surface area contributed by atoms with E-state index in [2.05, 4.69) is 15.3 Å². The third-order valence-corrected chi connectivity index (χ3v) is 6.75. The Kier molecular flexibility index (Phi) is 5.10. The molecular formula is C17H21N3O3S2. The molecule has 1 amide bonds. The van der Waals surface area contributed by atoms with Gasteiger partial charge in [0, 0.05) is 18.0 Å². The van der Waals surface area contributed by atoms with Crippen LogP contribution in [0.25, 0.3) is 10.2 Å². The van der Waals surface area contributed by atoms with E-state index in [0.29, 0.717) is 11.7 Å². The fraction of sp³-hybridized carbons (Fsp3) is 0.588. The molecule has 0 bridgehead atoms. The van der Waals surface area contributed by atoms with Crippen molar-refractivity contribution in [2.75, 3.05) is 18.9 Å². The molecule has 0 saturated carbocycles. The second-order valence-electron chi connectivity index (χ2n) is 6.49. The molecule has 1 unspecified atom stereocenters. The van der Waals surface area contributed by atoms with E-state index >= 15 is 0 Å². The quantitative estimate of drug-likeness (QED) is 0.615. The molecule has 0 spiro atoms. The number of amides is 1. The maximum Gasteiger partial charge on any atom is 0.260 e. The Hall–Kier alpha value is -1.38. The summed E-state index contributed by atoms with van der Waals surface area (Å²) in [5, 5.41) is 4.16. The molecule has 25 heavy (non-hydrogen) atoms. The van der Waals surface area contributed by atoms with Crippen molar-refractivity contribution in [3.8, 4) is 0 Å². The number of carbonyl (C=O) groups is 1. The average Bonchev–Trinajstić information content (AvgIpc) is 3.25. The Morgan fingerprint density at radius 1 is 1.36 bits per heavy atom. The minimum absolute atomic E-state index is 0.0614. The zero-order chi connectivity index (χ0) is 17.2. The van der Waals surface area contributed by atoms with Crippen molar-refractivity contribution in [1.82, 2.24) is 15.3 Å². The zero-order valence-corrected chi connectivity index (χ0v) is 15.6. The topological polar surface area (TPSA) is 84.1 Å². The van der Waals surface area contributed by atoms with Crippen molar-refractivity contribution in [1.29, 1.82) is 0 Å². The maximum absolute atomic E-state index is 12.5. The molecule has 6 nitrogen and oxygen atoms in total. The fourth-order valence-corrected chi connectivity index (χ4v) is 5.44. The van der Waals surface area contributed by atoms with Gasteiger partial charge in [0.25, 0.3) is 5.56 Å². The van der Waals surface area contributed by atoms with Gasteiger partial charge < -0.3 is 15.0 Å². The van der Waals surface area contributed by atoms with Gasteiger partial charge in [0.1, 0.15) is 4.83 Å². The summed E-state index contributed by atoms with van der Waals surface area (Å²) in [5.74, 6) is 0.181. The van der Waals surface area contributed by atoms with E-state index in [0.717, 1.165) is 48.9 Å². The lowest BCUT2D eigenvalue weighted by molar-refractivity contribution is -0.119. The van der Waals surface area contributed by atoms with E-state index in [1.165, 1.54) is 28.6 Å². The second-order valence-corrected chi connectivity index (χ2v) is 8.54. The monoisotopic (exact) mass is 379 g/mol. The van der Waals surface area contributed by atoms with E-state index in [4.69, 9.17) is 4.74 Å². The molecule has 3 heterocycles. The zero-order valence-electron chi connectivity index (χ0n) is 13.9. The van der Waals surface area contributed by atoms with Gasteiger partial charge in [-0.05, 0) is 44.1 Å². The predicted molar refractivity (Wildman–Crippen MR) is 99.6 cm³/mol. The van der Waals surface area contributed by atoms with Gasteiger partial charge in [-0.2, -0.15) is 0 Å². The van der Waals surface area contributed by atoms with Crippen LogP contribution in [0.5, 0.6) is 0 Å². The van der Waals surface area contributed by atoms with E-state index in [1.54, 1.807) is 11.3 Å². The highest BCUT2D eigenvalue weighted by Gasteiger charge is 2.20. The van der Waals surface area contributed by atoms with Crippen LogP contribution in [-0.2, 0) is 22.4 Å². The van der Waals surface area contributed by atoms with E-state index in [1.807, 2.05) is 0 Å². The second kappa shape index (κ2) is 7.47. The third-order valence-electron chi connectivity index (χ3n) is 4.69. The minimum atomic E-state index is -0.0772. The normalized spacial score (nSPS) is 19.9. The van der Waals surface area contributed by atoms with Gasteiger partial charge in [-0.3, -0.25) is 9.59 Å². The standard InChI is InChI=1S/C17H21N3O3S2/c21-13(18-8-10-4-3-7-23-10)9-24-17-19-15(22)14-11-5-1-2-6-12(11)25-16(14)20-17/h10H,1-9H2,(H,18,21)(H,19,20,22). The molecule has 1 atom stereocenters. The van der Waals surface area contributed by atoms with Crippen molar-refractivity contribution >= 4 is 39.2 Å². The van der Waals surface area contributed by atoms with Gasteiger partial charge in [-0.25, -0.2) is 4.98 Å². The number of nitrogens with one attached hydrogen (secondary N) is 2. The Morgan fingerprint density at radius 2 is 2.24 bits per heavy atom. The van der Waals surface area contributed by atoms with Crippen molar-refractivity contribution in [2.24, 2.45) is 0 Å². The molecule has 0 radical (unpaired) electrons. The van der Waals surface area contributed by atoms with Gasteiger partial charge in [0.05, 0.1) is 17.2 Å². The molecule has 1 aliphatic carbocycles. The number of H-pyrrole nitrogens is 1. The predicted octanol–water partition coefficient (Wildman–Crippen LogP) is 2.25. The molecule has 8 heteroatoms. The third kappa shape index (κ3) is 3.75. The summed E-state index contributed by atoms with van der Waals surface area (Å²) in [5.41, 5.74) is 1.11. The fourth-order valence-electron chi connectivity index (χ4n) is 3.43. The van der Waals surface area contributed by atoms with Gasteiger partial charge in [0.2, 0.25) is 5.91 Å². The number of nitrogens with zero attached hydrogens (tertiary/aromatic N) is 1. The number of hydrogen-bond donors (Lipinski definition) is 2. The van der Waals surface area contributed by atoms with Crippen LogP contribution < -0.4 is 10.9 Å². The lowest BCUT2D eigenvalue weighted by atomic mass is 9.97. The number of thioether (sulfide) groups is 1. The molecule has 4 rings (SSSR count). The number of fused-ring (bicyclic) bond motifs is 3. The van der Waals surface area contributed by atoms with Crippen molar-refractivity contribution in [2.45, 2.75) is 49.8 Å². The molecule has 0 aromatic carbocycles. The van der Waals surface area contributed by atoms with E-state index < -0.39 is 0 Å². The Bertz CT molecular complexity index is 840. The summed E-state index contributed by atoms with van der Waals surface area (Å²) < 4.78 is 5.49. The van der Waals surface area contributed by atoms with Crippen LogP contribution in [0.4, 0.5) is 0 Å². The SMILES string of the molecule is O=C(CSc1nc2sc3c(c2c(=O)[nH]1)CCCC3)NCC1CCCO1. The molecule has 1 aliphatic heterocycles. The maximum atomic E-state index is 12.5. The highest BCUT2D eigenvalue weighted by Crippen LogP contribution is 2.34. The molecule has 1 saturated heterocycles. The van der Waals surface area contributed by atoms with E-state index in [-0.39, 0.29) is 23.3 Å². The summed E-state index contributed by atoms with van der Waals surface area (Å²) in [7, 11) is 0. The number of ether oxygens (including phenoxy) is 1. The number of hydrogen-bond acceptors (Lipinski definition) is 6. The molecule has 134 valence electrons. The molecule has 2 aromatic heterocycles. The smallest absolute Gasteiger partial charge is 0.260 e. The van der Waals surface area contributed by atoms with Crippen LogP contribution >= 0.6 is 23.1 Å². The number of thiophene rings is 1. The Labute approximate surface area is 153 Å². The van der Waals surface area contributed by atoms with Crippen molar-refractivity contribution < 1.29 is 9.53 Å². The van der Waals surface area contributed by atoms with Gasteiger partial charge in [-0.1, -0.05) is 11.8 Å². The van der Waals surface area contributed by atoms with Crippen LogP contribution in [0.15, 0.2) is 9.95 Å². The number of carbonyl (C=O) groups excluding carboxylic acids is 1. The van der Waals surface area contributed by atoms with Crippen LogP contribution in [0.3, 0.4) is 0 Å². The van der Waals surface area contributed by atoms with Crippen LogP contribution in [0.2, 0.25) is 0 Å². The van der Waals surface area contributed by atoms with Crippen molar-refractivity contribution in [3.63, 3.8) is 0 Å². The summed E-state index contributed by atoms with van der Waals surface area (Å²) in [6, 6.07) is 0. The molecular weight excluding hydrogens is 358 g/mol. The first-order valence-electron chi connectivity index (χ1n) is 8.76. The molecule has 2 aliphatic rings. The summed E-state index contributed by atoms with van der Waals surface area (Å²) in [6.07, 6.45) is 6.54. The highest BCUT2D eigenvalue weighted by atomic mass is 32.2. The summed E-state index contributed by atoms with van der Waals surface area (Å²) >= 11 is 2.90. The number of aromatic amines is 1. The van der Waals surface area contributed by atoms with Crippen LogP contribution in [-0.4, -0.2) is 40.9 Å². The van der Waals surface area contributed by atoms with Crippen LogP contribution in [0, 0.1) is 0 Å². The number of aromatic nitrogens is 2. The lowest BCUT2D eigenvalue weighted by Crippen LogP contribution is -2.33. The molecule has 1 fully saturated rings. The Balaban J connectivity index is 1.41. The number of rotatable bonds is 5. The largest absolute Gasteiger partial charge is 0.376 e. The Morgan fingerprint density at radius 3 is 3.08 bits per heavy atom. The van der Waals surface area contributed by atoms with Gasteiger partial charge in [-0.15, -0.1) is 11.3 Å². The minimum Gasteiger partial charge on any atom is -0.376 e. The average molecular weight is 380 g/mol. The van der Waals surface area contributed by atoms with Gasteiger partial charge >= 0.3 is 0 Å². The van der Waals surface area contributed by atoms with E-state index in [9.17, 15) is 9.59 Å². The van der Waals surface area contributed by atoms with Gasteiger partial charge in [0.15, 0.2) is 5.16 Å². The summed E-state index contributed by atoms with van der Waals surface area (Å²) in [4.78, 5) is 33.9. The lowest BCUT2D eigenvalue weighted by Gasteiger charge is -2.10. The number of aryl methyl sites for hydroxylation is 2. The first-order chi connectivity index (χ1) is 12.2. The first kappa shape index (κ1) is 17.1. The summed E-state index contributed by atoms with van der Waals surface area (Å²) in [6.45, 7) is 1.34. The highest BCUT2D eigenvalue weighted by molar-refractivity contribution is 7.99. The van der Waals surface area contributed by atoms with Crippen LogP contribution in [0.1, 0.15) is 36.1 Å². The first-order valence-corrected chi connectivity index (χ1v) is 10.6. The molecule has 2 N–H and O–H groups in total.